The number of thiazole rings is 1. The second-order valence-electron chi connectivity index (χ2n) is 5.31. The lowest BCUT2D eigenvalue weighted by Crippen LogP contribution is -2.28. The van der Waals surface area contributed by atoms with E-state index in [1.807, 2.05) is 30.5 Å². The van der Waals surface area contributed by atoms with Gasteiger partial charge in [-0.1, -0.05) is 23.7 Å². The van der Waals surface area contributed by atoms with Crippen molar-refractivity contribution in [2.75, 3.05) is 18.5 Å². The monoisotopic (exact) mass is 336 g/mol. The Bertz CT molecular complexity index is 653. The van der Waals surface area contributed by atoms with Gasteiger partial charge in [-0.3, -0.25) is 4.79 Å². The normalized spacial score (nSPS) is 15.7. The molecule has 0 saturated carbocycles. The zero-order valence-electron chi connectivity index (χ0n) is 12.0. The first kappa shape index (κ1) is 15.5. The van der Waals surface area contributed by atoms with Crippen LogP contribution in [0.2, 0.25) is 5.02 Å². The minimum absolute atomic E-state index is 0.0361. The van der Waals surface area contributed by atoms with Crippen molar-refractivity contribution in [1.82, 2.24) is 4.98 Å². The van der Waals surface area contributed by atoms with E-state index in [4.69, 9.17) is 16.3 Å². The van der Waals surface area contributed by atoms with Crippen molar-refractivity contribution in [2.45, 2.75) is 19.3 Å². The third-order valence-electron chi connectivity index (χ3n) is 3.64. The Morgan fingerprint density at radius 2 is 2.23 bits per heavy atom. The van der Waals surface area contributed by atoms with Crippen LogP contribution in [0.4, 0.5) is 5.13 Å². The largest absolute Gasteiger partial charge is 0.381 e. The van der Waals surface area contributed by atoms with Crippen LogP contribution in [0, 0.1) is 5.92 Å². The Balaban J connectivity index is 1.60. The van der Waals surface area contributed by atoms with Crippen LogP contribution in [-0.2, 0) is 16.0 Å². The summed E-state index contributed by atoms with van der Waals surface area (Å²) in [6.07, 6.45) is 4.15. The van der Waals surface area contributed by atoms with Crippen LogP contribution in [0.5, 0.6) is 0 Å². The Morgan fingerprint density at radius 1 is 1.41 bits per heavy atom. The summed E-state index contributed by atoms with van der Waals surface area (Å²) in [6, 6.07) is 7.78. The predicted molar refractivity (Wildman–Crippen MR) is 88.5 cm³/mol. The average molecular weight is 337 g/mol. The van der Waals surface area contributed by atoms with E-state index in [0.717, 1.165) is 34.7 Å². The highest BCUT2D eigenvalue weighted by molar-refractivity contribution is 7.15. The van der Waals surface area contributed by atoms with E-state index in [2.05, 4.69) is 10.3 Å². The number of hydrogen-bond donors (Lipinski definition) is 1. The molecule has 0 aliphatic carbocycles. The SMILES string of the molecule is O=C(Nc1ncc(Cc2cccc(Cl)c2)s1)C1CCOCC1. The van der Waals surface area contributed by atoms with E-state index in [-0.39, 0.29) is 11.8 Å². The van der Waals surface area contributed by atoms with Gasteiger partial charge in [0.15, 0.2) is 5.13 Å². The molecule has 1 aliphatic heterocycles. The van der Waals surface area contributed by atoms with Crippen LogP contribution < -0.4 is 5.32 Å². The molecule has 1 N–H and O–H groups in total. The summed E-state index contributed by atoms with van der Waals surface area (Å²) in [5.41, 5.74) is 1.14. The maximum absolute atomic E-state index is 12.2. The molecule has 22 heavy (non-hydrogen) atoms. The predicted octanol–water partition coefficient (Wildman–Crippen LogP) is 3.75. The maximum atomic E-state index is 12.2. The Kier molecular flexibility index (Phi) is 5.08. The lowest BCUT2D eigenvalue weighted by molar-refractivity contribution is -0.122. The molecule has 0 atom stereocenters. The summed E-state index contributed by atoms with van der Waals surface area (Å²) < 4.78 is 5.28. The van der Waals surface area contributed by atoms with Crippen LogP contribution >= 0.6 is 22.9 Å². The van der Waals surface area contributed by atoms with Gasteiger partial charge < -0.3 is 10.1 Å². The van der Waals surface area contributed by atoms with Crippen molar-refractivity contribution in [2.24, 2.45) is 5.92 Å². The first-order valence-corrected chi connectivity index (χ1v) is 8.48. The Labute approximate surface area is 138 Å². The van der Waals surface area contributed by atoms with Crippen molar-refractivity contribution in [3.8, 4) is 0 Å². The van der Waals surface area contributed by atoms with Crippen LogP contribution in [-0.4, -0.2) is 24.1 Å². The van der Waals surface area contributed by atoms with Crippen LogP contribution in [0.1, 0.15) is 23.3 Å². The van der Waals surface area contributed by atoms with Crippen molar-refractivity contribution in [3.05, 3.63) is 45.9 Å². The van der Waals surface area contributed by atoms with E-state index < -0.39 is 0 Å². The molecule has 4 nitrogen and oxygen atoms in total. The molecule has 1 saturated heterocycles. The number of benzene rings is 1. The van der Waals surface area contributed by atoms with Crippen LogP contribution in [0.15, 0.2) is 30.5 Å². The topological polar surface area (TPSA) is 51.2 Å². The number of rotatable bonds is 4. The van der Waals surface area contributed by atoms with E-state index >= 15 is 0 Å². The number of ether oxygens (including phenoxy) is 1. The Hall–Kier alpha value is -1.43. The highest BCUT2D eigenvalue weighted by Crippen LogP contribution is 2.24. The van der Waals surface area contributed by atoms with Crippen molar-refractivity contribution in [1.29, 1.82) is 0 Å². The molecule has 2 heterocycles. The van der Waals surface area contributed by atoms with Crippen LogP contribution in [0.3, 0.4) is 0 Å². The zero-order valence-corrected chi connectivity index (χ0v) is 13.6. The lowest BCUT2D eigenvalue weighted by atomic mass is 10.00. The van der Waals surface area contributed by atoms with E-state index in [1.165, 1.54) is 11.3 Å². The molecule has 0 unspecified atom stereocenters. The molecule has 1 aromatic heterocycles. The number of halogens is 1. The third-order valence-corrected chi connectivity index (χ3v) is 4.79. The number of anilines is 1. The van der Waals surface area contributed by atoms with Gasteiger partial charge in [0.05, 0.1) is 0 Å². The molecule has 1 fully saturated rings. The maximum Gasteiger partial charge on any atom is 0.229 e. The number of amides is 1. The molecule has 0 bridgehead atoms. The highest BCUT2D eigenvalue weighted by Gasteiger charge is 2.22. The number of carbonyl (C=O) groups excluding carboxylic acids is 1. The van der Waals surface area contributed by atoms with Gasteiger partial charge in [-0.25, -0.2) is 4.98 Å². The molecule has 1 aromatic carbocycles. The van der Waals surface area contributed by atoms with Gasteiger partial charge in [0.25, 0.3) is 0 Å². The fraction of sp³-hybridized carbons (Fsp3) is 0.375. The van der Waals surface area contributed by atoms with Gasteiger partial charge in [0.2, 0.25) is 5.91 Å². The average Bonchev–Trinajstić information content (AvgIpc) is 2.95. The van der Waals surface area contributed by atoms with Gasteiger partial charge in [-0.05, 0) is 30.5 Å². The smallest absolute Gasteiger partial charge is 0.229 e. The lowest BCUT2D eigenvalue weighted by Gasteiger charge is -2.20. The molecule has 3 rings (SSSR count). The number of nitrogens with zero attached hydrogens (tertiary/aromatic N) is 1. The number of nitrogens with one attached hydrogen (secondary N) is 1. The summed E-state index contributed by atoms with van der Waals surface area (Å²) >= 11 is 7.50. The molecular formula is C16H17ClN2O2S. The summed E-state index contributed by atoms with van der Waals surface area (Å²) in [4.78, 5) is 17.6. The van der Waals surface area contributed by atoms with E-state index in [1.54, 1.807) is 0 Å². The number of hydrogen-bond acceptors (Lipinski definition) is 4. The van der Waals surface area contributed by atoms with Crippen LogP contribution in [0.25, 0.3) is 0 Å². The number of aromatic nitrogens is 1. The fourth-order valence-electron chi connectivity index (χ4n) is 2.46. The van der Waals surface area contributed by atoms with Gasteiger partial charge in [-0.15, -0.1) is 11.3 Å². The van der Waals surface area contributed by atoms with Gasteiger partial charge in [0.1, 0.15) is 0 Å². The summed E-state index contributed by atoms with van der Waals surface area (Å²) in [5, 5.41) is 4.31. The molecule has 0 spiro atoms. The molecular weight excluding hydrogens is 320 g/mol. The molecule has 6 heteroatoms. The van der Waals surface area contributed by atoms with Gasteiger partial charge in [0, 0.05) is 41.6 Å². The molecule has 0 radical (unpaired) electrons. The first-order valence-electron chi connectivity index (χ1n) is 7.28. The molecule has 116 valence electrons. The second-order valence-corrected chi connectivity index (χ2v) is 6.87. The summed E-state index contributed by atoms with van der Waals surface area (Å²) in [5.74, 6) is 0.0842. The van der Waals surface area contributed by atoms with Gasteiger partial charge >= 0.3 is 0 Å². The quantitative estimate of drug-likeness (QED) is 0.925. The fourth-order valence-corrected chi connectivity index (χ4v) is 3.52. The van der Waals surface area contributed by atoms with Gasteiger partial charge in [-0.2, -0.15) is 0 Å². The molecule has 1 aliphatic rings. The third kappa shape index (κ3) is 4.06. The van der Waals surface area contributed by atoms with E-state index in [0.29, 0.717) is 18.3 Å². The van der Waals surface area contributed by atoms with Crippen molar-refractivity contribution < 1.29 is 9.53 Å². The van der Waals surface area contributed by atoms with Crippen molar-refractivity contribution in [3.63, 3.8) is 0 Å². The molecule has 1 amide bonds. The minimum atomic E-state index is 0.0361. The zero-order chi connectivity index (χ0) is 15.4. The standard InChI is InChI=1S/C16H17ClN2O2S/c17-13-3-1-2-11(8-13)9-14-10-18-16(22-14)19-15(20)12-4-6-21-7-5-12/h1-3,8,10,12H,4-7,9H2,(H,18,19,20). The molecule has 2 aromatic rings. The minimum Gasteiger partial charge on any atom is -0.381 e. The van der Waals surface area contributed by atoms with Crippen molar-refractivity contribution >= 4 is 34.0 Å². The van der Waals surface area contributed by atoms with E-state index in [9.17, 15) is 4.79 Å². The Morgan fingerprint density at radius 3 is 3.00 bits per heavy atom. The summed E-state index contributed by atoms with van der Waals surface area (Å²) in [6.45, 7) is 1.33. The first-order chi connectivity index (χ1) is 10.7. The highest BCUT2D eigenvalue weighted by atomic mass is 35.5. The number of carbonyl (C=O) groups is 1. The second kappa shape index (κ2) is 7.22. The summed E-state index contributed by atoms with van der Waals surface area (Å²) in [7, 11) is 0.